The first kappa shape index (κ1) is 38.7. The second-order valence-electron chi connectivity index (χ2n) is 16.9. The molecule has 1 saturated carbocycles. The van der Waals surface area contributed by atoms with Gasteiger partial charge in [0.2, 0.25) is 5.91 Å². The van der Waals surface area contributed by atoms with Crippen molar-refractivity contribution < 1.29 is 28.2 Å². The molecule has 2 atom stereocenters. The number of terminal acetylenes is 1. The van der Waals surface area contributed by atoms with Gasteiger partial charge in [-0.25, -0.2) is 8.78 Å². The van der Waals surface area contributed by atoms with Gasteiger partial charge in [0.15, 0.2) is 0 Å². The molecule has 2 saturated heterocycles. The van der Waals surface area contributed by atoms with Gasteiger partial charge in [0.1, 0.15) is 30.2 Å². The number of aromatic hydroxyl groups is 1. The molecule has 0 spiro atoms. The lowest BCUT2D eigenvalue weighted by Crippen LogP contribution is -2.61. The van der Waals surface area contributed by atoms with Crippen LogP contribution in [0.1, 0.15) is 94.5 Å². The Morgan fingerprint density at radius 1 is 1.18 bits per heavy atom. The number of rotatable bonds is 11. The molecule has 3 N–H and O–H groups in total. The second kappa shape index (κ2) is 15.5. The number of allylic oxidation sites excluding steroid dienone is 1. The number of nitrogens with zero attached hydrogens (tertiary/aromatic N) is 3. The number of alkyl halides is 1. The Balaban J connectivity index is 1.28. The highest BCUT2D eigenvalue weighted by Crippen LogP contribution is 2.48. The van der Waals surface area contributed by atoms with E-state index in [1.165, 1.54) is 12.1 Å². The first-order valence-corrected chi connectivity index (χ1v) is 19.6. The van der Waals surface area contributed by atoms with Crippen molar-refractivity contribution >= 4 is 34.1 Å². The zero-order valence-electron chi connectivity index (χ0n) is 32.3. The molecule has 3 heterocycles. The van der Waals surface area contributed by atoms with Crippen LogP contribution in [0.5, 0.6) is 11.8 Å². The van der Waals surface area contributed by atoms with E-state index in [9.17, 15) is 9.90 Å². The predicted molar refractivity (Wildman–Crippen MR) is 212 cm³/mol. The van der Waals surface area contributed by atoms with Crippen molar-refractivity contribution in [1.29, 1.82) is 0 Å². The van der Waals surface area contributed by atoms with E-state index in [1.54, 1.807) is 18.2 Å². The molecular weight excluding hydrogens is 701 g/mol. The number of aromatic nitrogens is 2. The fourth-order valence-corrected chi connectivity index (χ4v) is 9.46. The third-order valence-corrected chi connectivity index (χ3v) is 12.6. The van der Waals surface area contributed by atoms with Crippen molar-refractivity contribution in [2.45, 2.75) is 96.3 Å². The number of phenolic OH excluding ortho intramolecular Hbond substituents is 1. The smallest absolute Gasteiger partial charge is 0.318 e. The van der Waals surface area contributed by atoms with Crippen LogP contribution in [0.25, 0.3) is 22.4 Å². The summed E-state index contributed by atoms with van der Waals surface area (Å²) in [5, 5.41) is 18.6. The number of hydrogen-bond donors (Lipinski definition) is 3. The number of ether oxygens (including phenoxy) is 2. The molecule has 7 rings (SSSR count). The summed E-state index contributed by atoms with van der Waals surface area (Å²) in [4.78, 5) is 24.5. The Kier molecular flexibility index (Phi) is 10.9. The van der Waals surface area contributed by atoms with Gasteiger partial charge in [-0.1, -0.05) is 52.2 Å². The quantitative estimate of drug-likeness (QED) is 0.136. The van der Waals surface area contributed by atoms with Crippen LogP contribution < -0.4 is 15.4 Å². The summed E-state index contributed by atoms with van der Waals surface area (Å²) in [5.74, 6) is 2.52. The summed E-state index contributed by atoms with van der Waals surface area (Å²) < 4.78 is 42.9. The number of fused-ring (bicyclic) bond motifs is 2. The fourth-order valence-electron chi connectivity index (χ4n) is 9.46. The normalized spacial score (nSPS) is 22.8. The number of halogens is 2. The van der Waals surface area contributed by atoms with Crippen LogP contribution in [0.3, 0.4) is 0 Å². The molecule has 4 aliphatic rings. The maximum absolute atomic E-state index is 15.5. The summed E-state index contributed by atoms with van der Waals surface area (Å²) in [6.45, 7) is 13.0. The first-order valence-electron chi connectivity index (χ1n) is 19.6. The lowest BCUT2D eigenvalue weighted by Gasteiger charge is -2.51. The number of hydrogen-bond acceptors (Lipinski definition) is 8. The zero-order chi connectivity index (χ0) is 39.0. The maximum atomic E-state index is 15.5. The van der Waals surface area contributed by atoms with Crippen LogP contribution in [-0.2, 0) is 16.0 Å². The summed E-state index contributed by atoms with van der Waals surface area (Å²) in [7, 11) is 0. The van der Waals surface area contributed by atoms with Crippen LogP contribution in [0.4, 0.5) is 14.6 Å². The molecule has 292 valence electrons. The average molecular weight is 754 g/mol. The van der Waals surface area contributed by atoms with Crippen LogP contribution >= 0.6 is 0 Å². The van der Waals surface area contributed by atoms with Gasteiger partial charge >= 0.3 is 6.01 Å². The minimum absolute atomic E-state index is 0.0486. The number of carbonyl (C=O) groups excluding carboxylic acids is 1. The van der Waals surface area contributed by atoms with Crippen molar-refractivity contribution in [3.8, 4) is 24.1 Å². The molecule has 11 heteroatoms. The van der Waals surface area contributed by atoms with E-state index in [0.29, 0.717) is 80.0 Å². The number of anilines is 1. The van der Waals surface area contributed by atoms with Gasteiger partial charge in [-0.2, -0.15) is 9.97 Å². The number of carbonyl (C=O) groups is 1. The van der Waals surface area contributed by atoms with Gasteiger partial charge in [0.25, 0.3) is 0 Å². The molecule has 55 heavy (non-hydrogen) atoms. The van der Waals surface area contributed by atoms with Crippen molar-refractivity contribution in [3.63, 3.8) is 0 Å². The lowest BCUT2D eigenvalue weighted by atomic mass is 9.71. The SMILES string of the molecule is C#Cc1c(F)ccc2cc(O)cc(C3=Cc4nc(OC[C@]5(C(C)(C)C)C[C@@H](F)CN5C5CCOCC5)nc(NCC5(CNC(=O)C=C)CCCC5)c4CC3)c12. The number of phenols is 1. The van der Waals surface area contributed by atoms with E-state index in [4.69, 9.17) is 25.9 Å². The van der Waals surface area contributed by atoms with Crippen LogP contribution in [0, 0.1) is 29.0 Å². The van der Waals surface area contributed by atoms with E-state index in [2.05, 4.69) is 48.8 Å². The highest BCUT2D eigenvalue weighted by Gasteiger charge is 2.56. The van der Waals surface area contributed by atoms with Crippen LogP contribution in [-0.4, -0.2) is 83.1 Å². The van der Waals surface area contributed by atoms with Gasteiger partial charge in [0, 0.05) is 61.7 Å². The Bertz CT molecular complexity index is 2020. The summed E-state index contributed by atoms with van der Waals surface area (Å²) in [6.07, 6.45) is 15.3. The molecule has 9 nitrogen and oxygen atoms in total. The van der Waals surface area contributed by atoms with Crippen LogP contribution in [0.2, 0.25) is 0 Å². The van der Waals surface area contributed by atoms with Gasteiger partial charge in [-0.05, 0) is 90.8 Å². The van der Waals surface area contributed by atoms with Crippen molar-refractivity contribution in [2.24, 2.45) is 10.8 Å². The Morgan fingerprint density at radius 3 is 2.65 bits per heavy atom. The van der Waals surface area contributed by atoms with Crippen LogP contribution in [0.15, 0.2) is 36.9 Å². The molecule has 2 aromatic carbocycles. The molecule has 2 aliphatic heterocycles. The Morgan fingerprint density at radius 2 is 1.95 bits per heavy atom. The molecule has 1 aromatic heterocycles. The second-order valence-corrected chi connectivity index (χ2v) is 16.9. The molecule has 3 fully saturated rings. The van der Waals surface area contributed by atoms with Gasteiger partial charge in [-0.15, -0.1) is 6.42 Å². The number of amides is 1. The third-order valence-electron chi connectivity index (χ3n) is 12.6. The van der Waals surface area contributed by atoms with Crippen molar-refractivity contribution in [1.82, 2.24) is 20.2 Å². The lowest BCUT2D eigenvalue weighted by molar-refractivity contribution is -0.116. The third kappa shape index (κ3) is 7.68. The largest absolute Gasteiger partial charge is 0.508 e. The monoisotopic (exact) mass is 753 g/mol. The number of likely N-dealkylation sites (tertiary alicyclic amines) is 1. The highest BCUT2D eigenvalue weighted by atomic mass is 19.1. The maximum Gasteiger partial charge on any atom is 0.318 e. The highest BCUT2D eigenvalue weighted by molar-refractivity contribution is 6.02. The first-order chi connectivity index (χ1) is 26.3. The zero-order valence-corrected chi connectivity index (χ0v) is 32.3. The minimum atomic E-state index is -0.989. The summed E-state index contributed by atoms with van der Waals surface area (Å²) in [5.41, 5.74) is 2.07. The molecule has 2 aliphatic carbocycles. The standard InChI is InChI=1S/C44H53F2N5O4/c1-6-33-36(46)13-11-29-20-32(52)22-35(39(29)33)28-10-12-34-37(21-28)49-41(50-40(34)48-26-43(16-8-9-17-43)25-47-38(53)7-2)55-27-44(42(3,4)5)23-30(45)24-51(44)31-14-18-54-19-15-31/h1,7,11,13,20-22,30-31,52H,2,8-10,12,14-19,23-27H2,3-5H3,(H,47,53)(H,48,49,50)/t30-,44+/m1/s1. The number of benzene rings is 2. The molecule has 1 amide bonds. The molecule has 0 bridgehead atoms. The van der Waals surface area contributed by atoms with Crippen molar-refractivity contribution in [2.75, 3.05) is 44.8 Å². The summed E-state index contributed by atoms with van der Waals surface area (Å²) >= 11 is 0. The molecule has 0 radical (unpaired) electrons. The molecule has 3 aromatic rings. The van der Waals surface area contributed by atoms with E-state index in [0.717, 1.165) is 49.7 Å². The van der Waals surface area contributed by atoms with Gasteiger partial charge in [0.05, 0.1) is 16.8 Å². The van der Waals surface area contributed by atoms with Crippen molar-refractivity contribution in [3.05, 3.63) is 65.1 Å². The van der Waals surface area contributed by atoms with E-state index < -0.39 is 17.5 Å². The van der Waals surface area contributed by atoms with Gasteiger partial charge in [-0.3, -0.25) is 9.69 Å². The topological polar surface area (TPSA) is 109 Å². The van der Waals surface area contributed by atoms with Gasteiger partial charge < -0.3 is 25.2 Å². The Hall–Kier alpha value is -4.53. The molecular formula is C44H53F2N5O4. The predicted octanol–water partition coefficient (Wildman–Crippen LogP) is 7.60. The number of nitrogens with one attached hydrogen (secondary N) is 2. The summed E-state index contributed by atoms with van der Waals surface area (Å²) in [6, 6.07) is 6.52. The van der Waals surface area contributed by atoms with E-state index in [1.807, 2.05) is 6.08 Å². The Labute approximate surface area is 323 Å². The van der Waals surface area contributed by atoms with E-state index >= 15 is 8.78 Å². The van der Waals surface area contributed by atoms with E-state index in [-0.39, 0.29) is 46.7 Å². The average Bonchev–Trinajstić information content (AvgIpc) is 3.80. The minimum Gasteiger partial charge on any atom is -0.508 e. The molecule has 0 unspecified atom stereocenters. The fraction of sp³-hybridized carbons (Fsp3) is 0.523.